The molecule has 0 bridgehead atoms. The molecule has 1 saturated heterocycles. The van der Waals surface area contributed by atoms with Gasteiger partial charge in [-0.15, -0.1) is 0 Å². The van der Waals surface area contributed by atoms with E-state index in [0.717, 1.165) is 31.0 Å². The second kappa shape index (κ2) is 4.53. The van der Waals surface area contributed by atoms with Gasteiger partial charge in [-0.25, -0.2) is 0 Å². The van der Waals surface area contributed by atoms with Crippen molar-refractivity contribution in [1.82, 2.24) is 0 Å². The summed E-state index contributed by atoms with van der Waals surface area (Å²) in [6, 6.07) is 6.39. The van der Waals surface area contributed by atoms with Crippen LogP contribution < -0.4 is 11.1 Å². The van der Waals surface area contributed by atoms with E-state index < -0.39 is 0 Å². The van der Waals surface area contributed by atoms with Crippen LogP contribution in [-0.4, -0.2) is 19.3 Å². The highest BCUT2D eigenvalue weighted by molar-refractivity contribution is 5.59. The average molecular weight is 206 g/mol. The molecule has 1 heterocycles. The minimum Gasteiger partial charge on any atom is -0.399 e. The minimum atomic E-state index is 0.430. The van der Waals surface area contributed by atoms with Gasteiger partial charge in [0.05, 0.1) is 6.61 Å². The lowest BCUT2D eigenvalue weighted by Crippen LogP contribution is -2.30. The fraction of sp³-hybridized carbons (Fsp3) is 0.500. The van der Waals surface area contributed by atoms with Crippen molar-refractivity contribution in [3.8, 4) is 0 Å². The zero-order valence-electron chi connectivity index (χ0n) is 9.12. The Hall–Kier alpha value is -1.22. The summed E-state index contributed by atoms with van der Waals surface area (Å²) in [5.41, 5.74) is 8.93. The van der Waals surface area contributed by atoms with Crippen molar-refractivity contribution in [2.75, 3.05) is 24.3 Å². The summed E-state index contributed by atoms with van der Waals surface area (Å²) in [7, 11) is 0. The Kier molecular flexibility index (Phi) is 3.11. The van der Waals surface area contributed by atoms with E-state index in [4.69, 9.17) is 10.5 Å². The quantitative estimate of drug-likeness (QED) is 0.729. The van der Waals surface area contributed by atoms with E-state index in [1.165, 1.54) is 12.0 Å². The van der Waals surface area contributed by atoms with Crippen LogP contribution in [0.2, 0.25) is 0 Å². The van der Waals surface area contributed by atoms with Crippen LogP contribution in [0.5, 0.6) is 0 Å². The summed E-state index contributed by atoms with van der Waals surface area (Å²) in [5.74, 6) is 0. The lowest BCUT2D eigenvalue weighted by molar-refractivity contribution is 0.0876. The molecule has 0 spiro atoms. The maximum atomic E-state index is 5.76. The summed E-state index contributed by atoms with van der Waals surface area (Å²) >= 11 is 0. The second-order valence-electron chi connectivity index (χ2n) is 4.13. The van der Waals surface area contributed by atoms with Crippen LogP contribution >= 0.6 is 0 Å². The number of hydrogen-bond donors (Lipinski definition) is 2. The van der Waals surface area contributed by atoms with Gasteiger partial charge in [-0.1, -0.05) is 6.07 Å². The first-order valence-corrected chi connectivity index (χ1v) is 5.46. The number of ether oxygens (including phenoxy) is 1. The Morgan fingerprint density at radius 1 is 1.47 bits per heavy atom. The molecule has 0 aliphatic carbocycles. The number of benzene rings is 1. The zero-order valence-corrected chi connectivity index (χ0v) is 9.12. The van der Waals surface area contributed by atoms with Crippen LogP contribution in [0.3, 0.4) is 0 Å². The SMILES string of the molecule is Cc1ccc(N)cc1NC1CCCOC1. The Morgan fingerprint density at radius 3 is 3.07 bits per heavy atom. The predicted octanol–water partition coefficient (Wildman–Crippen LogP) is 2.17. The Bertz CT molecular complexity index is 332. The lowest BCUT2D eigenvalue weighted by Gasteiger charge is -2.25. The molecule has 2 rings (SSSR count). The second-order valence-corrected chi connectivity index (χ2v) is 4.13. The third-order valence-electron chi connectivity index (χ3n) is 2.78. The van der Waals surface area contributed by atoms with Gasteiger partial charge in [-0.05, 0) is 37.5 Å². The average Bonchev–Trinajstić information content (AvgIpc) is 2.25. The van der Waals surface area contributed by atoms with Gasteiger partial charge in [-0.3, -0.25) is 0 Å². The molecule has 0 saturated carbocycles. The van der Waals surface area contributed by atoms with Crippen molar-refractivity contribution < 1.29 is 4.74 Å². The fourth-order valence-electron chi connectivity index (χ4n) is 1.87. The molecule has 1 atom stereocenters. The zero-order chi connectivity index (χ0) is 10.7. The molecule has 1 aliphatic heterocycles. The van der Waals surface area contributed by atoms with E-state index in [9.17, 15) is 0 Å². The van der Waals surface area contributed by atoms with Gasteiger partial charge in [-0.2, -0.15) is 0 Å². The van der Waals surface area contributed by atoms with Crippen LogP contribution in [-0.2, 0) is 4.74 Å². The monoisotopic (exact) mass is 206 g/mol. The molecule has 1 aliphatic rings. The lowest BCUT2D eigenvalue weighted by atomic mass is 10.1. The van der Waals surface area contributed by atoms with Gasteiger partial charge < -0.3 is 15.8 Å². The minimum absolute atomic E-state index is 0.430. The smallest absolute Gasteiger partial charge is 0.0667 e. The van der Waals surface area contributed by atoms with E-state index in [0.29, 0.717) is 6.04 Å². The normalized spacial score (nSPS) is 21.3. The van der Waals surface area contributed by atoms with E-state index in [1.54, 1.807) is 0 Å². The third-order valence-corrected chi connectivity index (χ3v) is 2.78. The topological polar surface area (TPSA) is 47.3 Å². The molecule has 1 aromatic rings. The van der Waals surface area contributed by atoms with Crippen molar-refractivity contribution >= 4 is 11.4 Å². The summed E-state index contributed by atoms with van der Waals surface area (Å²) in [5, 5.41) is 3.48. The Morgan fingerprint density at radius 2 is 2.33 bits per heavy atom. The summed E-state index contributed by atoms with van der Waals surface area (Å²) in [4.78, 5) is 0. The number of nitrogen functional groups attached to an aromatic ring is 1. The Labute approximate surface area is 90.6 Å². The van der Waals surface area contributed by atoms with E-state index in [1.807, 2.05) is 18.2 Å². The number of nitrogens with one attached hydrogen (secondary N) is 1. The standard InChI is InChI=1S/C12H18N2O/c1-9-4-5-10(13)7-12(9)14-11-3-2-6-15-8-11/h4-5,7,11,14H,2-3,6,8,13H2,1H3. The van der Waals surface area contributed by atoms with Gasteiger partial charge in [0.2, 0.25) is 0 Å². The van der Waals surface area contributed by atoms with Crippen LogP contribution in [0.15, 0.2) is 18.2 Å². The Balaban J connectivity index is 2.05. The summed E-state index contributed by atoms with van der Waals surface area (Å²) < 4.78 is 5.43. The summed E-state index contributed by atoms with van der Waals surface area (Å²) in [6.07, 6.45) is 2.31. The number of rotatable bonds is 2. The molecule has 0 radical (unpaired) electrons. The third kappa shape index (κ3) is 2.63. The molecule has 82 valence electrons. The first-order valence-electron chi connectivity index (χ1n) is 5.46. The molecule has 3 nitrogen and oxygen atoms in total. The van der Waals surface area contributed by atoms with Crippen molar-refractivity contribution in [1.29, 1.82) is 0 Å². The molecule has 1 fully saturated rings. The first-order chi connectivity index (χ1) is 7.25. The van der Waals surface area contributed by atoms with E-state index in [-0.39, 0.29) is 0 Å². The van der Waals surface area contributed by atoms with Crippen molar-refractivity contribution in [2.24, 2.45) is 0 Å². The first kappa shape index (κ1) is 10.3. The molecular formula is C12H18N2O. The fourth-order valence-corrected chi connectivity index (χ4v) is 1.87. The van der Waals surface area contributed by atoms with Crippen LogP contribution in [0.25, 0.3) is 0 Å². The predicted molar refractivity (Wildman–Crippen MR) is 63.1 cm³/mol. The van der Waals surface area contributed by atoms with Crippen LogP contribution in [0.1, 0.15) is 18.4 Å². The van der Waals surface area contributed by atoms with Gasteiger partial charge in [0, 0.05) is 24.0 Å². The molecule has 0 amide bonds. The highest BCUT2D eigenvalue weighted by Crippen LogP contribution is 2.21. The highest BCUT2D eigenvalue weighted by atomic mass is 16.5. The molecule has 0 aromatic heterocycles. The van der Waals surface area contributed by atoms with Crippen LogP contribution in [0, 0.1) is 6.92 Å². The summed E-state index contributed by atoms with van der Waals surface area (Å²) in [6.45, 7) is 3.79. The molecule has 3 N–H and O–H groups in total. The molecule has 1 unspecified atom stereocenters. The molecular weight excluding hydrogens is 188 g/mol. The van der Waals surface area contributed by atoms with E-state index >= 15 is 0 Å². The van der Waals surface area contributed by atoms with Crippen molar-refractivity contribution in [3.63, 3.8) is 0 Å². The van der Waals surface area contributed by atoms with Crippen molar-refractivity contribution in [2.45, 2.75) is 25.8 Å². The maximum Gasteiger partial charge on any atom is 0.0667 e. The number of aryl methyl sites for hydroxylation is 1. The van der Waals surface area contributed by atoms with E-state index in [2.05, 4.69) is 12.2 Å². The van der Waals surface area contributed by atoms with Gasteiger partial charge in [0.15, 0.2) is 0 Å². The number of anilines is 2. The van der Waals surface area contributed by atoms with Gasteiger partial charge in [0.1, 0.15) is 0 Å². The van der Waals surface area contributed by atoms with Gasteiger partial charge >= 0.3 is 0 Å². The largest absolute Gasteiger partial charge is 0.399 e. The van der Waals surface area contributed by atoms with Gasteiger partial charge in [0.25, 0.3) is 0 Å². The molecule has 3 heteroatoms. The molecule has 15 heavy (non-hydrogen) atoms. The van der Waals surface area contributed by atoms with Crippen molar-refractivity contribution in [3.05, 3.63) is 23.8 Å². The molecule has 1 aromatic carbocycles. The highest BCUT2D eigenvalue weighted by Gasteiger charge is 2.14. The number of hydrogen-bond acceptors (Lipinski definition) is 3. The van der Waals surface area contributed by atoms with Crippen LogP contribution in [0.4, 0.5) is 11.4 Å². The maximum absolute atomic E-state index is 5.76. The number of nitrogens with two attached hydrogens (primary N) is 1.